The van der Waals surface area contributed by atoms with Gasteiger partial charge in [-0.1, -0.05) is 22.0 Å². The minimum Gasteiger partial charge on any atom is -0.490 e. The summed E-state index contributed by atoms with van der Waals surface area (Å²) in [6.45, 7) is 1.13. The fraction of sp³-hybridized carbons (Fsp3) is 0.286. The van der Waals surface area contributed by atoms with E-state index in [0.717, 1.165) is 14.0 Å². The third-order valence-electron chi connectivity index (χ3n) is 2.67. The van der Waals surface area contributed by atoms with Crippen LogP contribution < -0.4 is 4.74 Å². The number of ether oxygens (including phenoxy) is 2. The number of methoxy groups -OCH3 is 1. The molecule has 0 fully saturated rings. The minimum atomic E-state index is 0.175. The summed E-state index contributed by atoms with van der Waals surface area (Å²) in [7, 11) is 1.66. The highest BCUT2D eigenvalue weighted by Gasteiger charge is 2.14. The summed E-state index contributed by atoms with van der Waals surface area (Å²) in [4.78, 5) is 0.175. The highest BCUT2D eigenvalue weighted by molar-refractivity contribution is 9.11. The lowest BCUT2D eigenvalue weighted by Crippen LogP contribution is -2.04. The zero-order valence-corrected chi connectivity index (χ0v) is 16.3. The number of halogens is 3. The lowest BCUT2D eigenvalue weighted by molar-refractivity contribution is 0.146. The molecule has 108 valence electrons. The van der Waals surface area contributed by atoms with Crippen molar-refractivity contribution in [2.75, 3.05) is 20.3 Å². The molecule has 1 aromatic carbocycles. The average Bonchev–Trinajstić information content (AvgIpc) is 2.86. The Labute approximate surface area is 147 Å². The standard InChI is InChI=1S/C14H13Br3O2S/c1-18-4-5-19-12-3-2-9(6-11(12)15)14(17)10-7-13(16)20-8-10/h2-3,6-8,14H,4-5H2,1H3. The summed E-state index contributed by atoms with van der Waals surface area (Å²) < 4.78 is 12.7. The molecule has 0 amide bonds. The molecule has 6 heteroatoms. The molecule has 0 bridgehead atoms. The first kappa shape index (κ1) is 16.5. The molecule has 0 aliphatic carbocycles. The Kier molecular flexibility index (Phi) is 6.55. The van der Waals surface area contributed by atoms with Crippen molar-refractivity contribution in [1.29, 1.82) is 0 Å². The quantitative estimate of drug-likeness (QED) is 0.382. The second kappa shape index (κ2) is 7.94. The maximum atomic E-state index is 5.63. The van der Waals surface area contributed by atoms with Crippen molar-refractivity contribution in [3.8, 4) is 5.75 Å². The predicted molar refractivity (Wildman–Crippen MR) is 94.3 cm³/mol. The van der Waals surface area contributed by atoms with E-state index in [4.69, 9.17) is 9.47 Å². The maximum absolute atomic E-state index is 5.63. The van der Waals surface area contributed by atoms with Gasteiger partial charge in [0.25, 0.3) is 0 Å². The molecule has 2 aromatic rings. The van der Waals surface area contributed by atoms with Crippen LogP contribution in [0.4, 0.5) is 0 Å². The number of benzene rings is 1. The van der Waals surface area contributed by atoms with Crippen LogP contribution in [-0.2, 0) is 4.74 Å². The number of thiophene rings is 1. The molecule has 1 aromatic heterocycles. The summed E-state index contributed by atoms with van der Waals surface area (Å²) in [5, 5.41) is 2.14. The van der Waals surface area contributed by atoms with Crippen molar-refractivity contribution in [3.05, 3.63) is 49.0 Å². The van der Waals surface area contributed by atoms with Crippen molar-refractivity contribution in [2.24, 2.45) is 0 Å². The van der Waals surface area contributed by atoms with Crippen LogP contribution in [0.25, 0.3) is 0 Å². The molecule has 0 aliphatic heterocycles. The maximum Gasteiger partial charge on any atom is 0.133 e. The fourth-order valence-corrected chi connectivity index (χ4v) is 4.11. The van der Waals surface area contributed by atoms with Gasteiger partial charge in [-0.2, -0.15) is 0 Å². The van der Waals surface area contributed by atoms with Crippen molar-refractivity contribution >= 4 is 59.1 Å². The normalized spacial score (nSPS) is 12.4. The van der Waals surface area contributed by atoms with Gasteiger partial charge in [-0.05, 0) is 66.6 Å². The number of hydrogen-bond donors (Lipinski definition) is 0. The van der Waals surface area contributed by atoms with Gasteiger partial charge < -0.3 is 9.47 Å². The lowest BCUT2D eigenvalue weighted by Gasteiger charge is -2.12. The van der Waals surface area contributed by atoms with Gasteiger partial charge >= 0.3 is 0 Å². The smallest absolute Gasteiger partial charge is 0.133 e. The van der Waals surface area contributed by atoms with Gasteiger partial charge in [0.15, 0.2) is 0 Å². The number of rotatable bonds is 6. The first-order chi connectivity index (χ1) is 9.61. The van der Waals surface area contributed by atoms with Crippen molar-refractivity contribution in [1.82, 2.24) is 0 Å². The second-order valence-corrected chi connectivity index (χ2v) is 8.14. The van der Waals surface area contributed by atoms with Crippen LogP contribution in [0.15, 0.2) is 37.9 Å². The summed E-state index contributed by atoms with van der Waals surface area (Å²) in [5.41, 5.74) is 2.42. The Balaban J connectivity index is 2.12. The van der Waals surface area contributed by atoms with E-state index in [1.807, 2.05) is 6.07 Å². The fourth-order valence-electron chi connectivity index (χ4n) is 1.68. The van der Waals surface area contributed by atoms with Gasteiger partial charge in [-0.3, -0.25) is 0 Å². The van der Waals surface area contributed by atoms with Crippen LogP contribution in [0.2, 0.25) is 0 Å². The minimum absolute atomic E-state index is 0.175. The first-order valence-electron chi connectivity index (χ1n) is 5.91. The zero-order valence-electron chi connectivity index (χ0n) is 10.7. The molecule has 0 saturated heterocycles. The van der Waals surface area contributed by atoms with E-state index in [1.54, 1.807) is 18.4 Å². The largest absolute Gasteiger partial charge is 0.490 e. The molecule has 2 nitrogen and oxygen atoms in total. The van der Waals surface area contributed by atoms with E-state index in [0.29, 0.717) is 13.2 Å². The summed E-state index contributed by atoms with van der Waals surface area (Å²) in [6, 6.07) is 8.25. The van der Waals surface area contributed by atoms with Crippen LogP contribution >= 0.6 is 59.1 Å². The van der Waals surface area contributed by atoms with Gasteiger partial charge in [-0.25, -0.2) is 0 Å². The van der Waals surface area contributed by atoms with Crippen molar-refractivity contribution in [2.45, 2.75) is 4.83 Å². The zero-order chi connectivity index (χ0) is 14.5. The molecule has 0 N–H and O–H groups in total. The summed E-state index contributed by atoms with van der Waals surface area (Å²) >= 11 is 12.5. The summed E-state index contributed by atoms with van der Waals surface area (Å²) in [6.07, 6.45) is 0. The Morgan fingerprint density at radius 3 is 2.55 bits per heavy atom. The average molecular weight is 485 g/mol. The van der Waals surface area contributed by atoms with Gasteiger partial charge in [-0.15, -0.1) is 11.3 Å². The summed E-state index contributed by atoms with van der Waals surface area (Å²) in [5.74, 6) is 0.831. The molecule has 0 spiro atoms. The van der Waals surface area contributed by atoms with Gasteiger partial charge in [0, 0.05) is 7.11 Å². The molecule has 2 rings (SSSR count). The Morgan fingerprint density at radius 1 is 1.15 bits per heavy atom. The Morgan fingerprint density at radius 2 is 1.95 bits per heavy atom. The van der Waals surface area contributed by atoms with Gasteiger partial charge in [0.05, 0.1) is 19.7 Å². The van der Waals surface area contributed by atoms with Crippen molar-refractivity contribution < 1.29 is 9.47 Å². The van der Waals surface area contributed by atoms with Crippen molar-refractivity contribution in [3.63, 3.8) is 0 Å². The second-order valence-electron chi connectivity index (χ2n) is 4.08. The van der Waals surface area contributed by atoms with E-state index in [2.05, 4.69) is 71.4 Å². The third kappa shape index (κ3) is 4.31. The van der Waals surface area contributed by atoms with Crippen LogP contribution in [-0.4, -0.2) is 20.3 Å². The van der Waals surface area contributed by atoms with Crippen LogP contribution in [0.1, 0.15) is 16.0 Å². The van der Waals surface area contributed by atoms with E-state index >= 15 is 0 Å². The van der Waals surface area contributed by atoms with E-state index in [-0.39, 0.29) is 4.83 Å². The monoisotopic (exact) mass is 482 g/mol. The third-order valence-corrected chi connectivity index (χ3v) is 5.87. The predicted octanol–water partition coefficient (Wildman–Crippen LogP) is 5.78. The molecular formula is C14H13Br3O2S. The van der Waals surface area contributed by atoms with Gasteiger partial charge in [0.2, 0.25) is 0 Å². The highest BCUT2D eigenvalue weighted by Crippen LogP contribution is 2.38. The first-order valence-corrected chi connectivity index (χ1v) is 9.29. The molecule has 1 atom stereocenters. The number of hydrogen-bond acceptors (Lipinski definition) is 3. The van der Waals surface area contributed by atoms with Gasteiger partial charge in [0.1, 0.15) is 12.4 Å². The molecule has 20 heavy (non-hydrogen) atoms. The molecular weight excluding hydrogens is 472 g/mol. The number of alkyl halides is 1. The SMILES string of the molecule is COCCOc1ccc(C(Br)c2csc(Br)c2)cc1Br. The molecule has 0 saturated carbocycles. The Bertz CT molecular complexity index is 571. The Hall–Kier alpha value is 0.120. The topological polar surface area (TPSA) is 18.5 Å². The van der Waals surface area contributed by atoms with E-state index in [1.165, 1.54) is 11.1 Å². The molecule has 0 radical (unpaired) electrons. The highest BCUT2D eigenvalue weighted by atomic mass is 79.9. The molecule has 0 aliphatic rings. The molecule has 1 heterocycles. The molecule has 1 unspecified atom stereocenters. The lowest BCUT2D eigenvalue weighted by atomic mass is 10.1. The van der Waals surface area contributed by atoms with Crippen LogP contribution in [0, 0.1) is 0 Å². The van der Waals surface area contributed by atoms with Crippen LogP contribution in [0.3, 0.4) is 0 Å². The van der Waals surface area contributed by atoms with Crippen LogP contribution in [0.5, 0.6) is 5.75 Å². The van der Waals surface area contributed by atoms with E-state index < -0.39 is 0 Å². The van der Waals surface area contributed by atoms with E-state index in [9.17, 15) is 0 Å².